The van der Waals surface area contributed by atoms with Crippen LogP contribution in [0.1, 0.15) is 63.9 Å². The van der Waals surface area contributed by atoms with Crippen molar-refractivity contribution in [1.29, 1.82) is 0 Å². The van der Waals surface area contributed by atoms with Gasteiger partial charge in [-0.05, 0) is 92.6 Å². The predicted octanol–water partition coefficient (Wildman–Crippen LogP) is 4.91. The fraction of sp³-hybridized carbons (Fsp3) is 0.485. The summed E-state index contributed by atoms with van der Waals surface area (Å²) in [6, 6.07) is 5.53. The fourth-order valence-corrected chi connectivity index (χ4v) is 7.50. The highest BCUT2D eigenvalue weighted by atomic mass is 32.2. The number of ether oxygens (including phenoxy) is 1. The largest absolute Gasteiger partial charge is 0.483 e. The van der Waals surface area contributed by atoms with E-state index in [-0.39, 0.29) is 69.2 Å². The Morgan fingerprint density at radius 1 is 1.00 bits per heavy atom. The van der Waals surface area contributed by atoms with Crippen LogP contribution in [0.4, 0.5) is 30.7 Å². The molecule has 18 heteroatoms. The number of rotatable bonds is 8. The Labute approximate surface area is 289 Å². The van der Waals surface area contributed by atoms with Crippen LogP contribution < -0.4 is 10.1 Å². The number of hydrogen-bond acceptors (Lipinski definition) is 7. The van der Waals surface area contributed by atoms with Crippen LogP contribution in [-0.4, -0.2) is 97.2 Å². The van der Waals surface area contributed by atoms with Crippen molar-refractivity contribution < 1.29 is 58.6 Å². The molecular weight excluding hydrogens is 713 g/mol. The van der Waals surface area contributed by atoms with E-state index in [4.69, 9.17) is 0 Å². The number of amides is 2. The standard InChI is InChI=1S/C33H35F7N4O6S/c1-20-15-23(28(45)43-10-6-30(47,18-34)7-11-43)16-21(2)24(20)5-14-51(48,49)44-12-8-31(9-13-44)29(46)41-27(42-31)22-3-4-26(50-19-32(35,36)37)25(17-22)33(38,39)40/h3-5,14-17,47H,6-13,18-19H2,1-2H3,(H,41,42,46). The molecule has 3 aliphatic heterocycles. The maximum atomic E-state index is 13.7. The minimum atomic E-state index is -5.08. The zero-order chi connectivity index (χ0) is 37.6. The molecule has 2 N–H and O–H groups in total. The Morgan fingerprint density at radius 3 is 2.16 bits per heavy atom. The Kier molecular flexibility index (Phi) is 10.4. The summed E-state index contributed by atoms with van der Waals surface area (Å²) >= 11 is 0. The summed E-state index contributed by atoms with van der Waals surface area (Å²) in [5.41, 5.74) is -2.43. The number of nitrogens with zero attached hydrogens (tertiary/aromatic N) is 3. The molecule has 3 heterocycles. The van der Waals surface area contributed by atoms with E-state index >= 15 is 0 Å². The first-order chi connectivity index (χ1) is 23.7. The van der Waals surface area contributed by atoms with E-state index in [2.05, 4.69) is 15.0 Å². The summed E-state index contributed by atoms with van der Waals surface area (Å²) in [5, 5.41) is 13.6. The minimum Gasteiger partial charge on any atom is -0.483 e. The normalized spacial score (nSPS) is 19.8. The molecule has 0 radical (unpaired) electrons. The van der Waals surface area contributed by atoms with E-state index in [9.17, 15) is 53.8 Å². The number of aryl methyl sites for hydroxylation is 2. The van der Waals surface area contributed by atoms with Gasteiger partial charge in [0.1, 0.15) is 23.8 Å². The number of hydrogen-bond donors (Lipinski definition) is 2. The summed E-state index contributed by atoms with van der Waals surface area (Å²) in [6.07, 6.45) is -8.51. The third-order valence-electron chi connectivity index (χ3n) is 9.32. The van der Waals surface area contributed by atoms with Crippen LogP contribution in [0.5, 0.6) is 5.75 Å². The van der Waals surface area contributed by atoms with Crippen molar-refractivity contribution in [3.8, 4) is 5.75 Å². The molecule has 0 saturated carbocycles. The highest BCUT2D eigenvalue weighted by molar-refractivity contribution is 7.92. The first-order valence-electron chi connectivity index (χ1n) is 15.8. The third-order valence-corrected chi connectivity index (χ3v) is 10.9. The van der Waals surface area contributed by atoms with Gasteiger partial charge < -0.3 is 20.1 Å². The van der Waals surface area contributed by atoms with Gasteiger partial charge in [0.25, 0.3) is 11.8 Å². The van der Waals surface area contributed by atoms with E-state index in [1.165, 1.54) is 11.0 Å². The zero-order valence-electron chi connectivity index (χ0n) is 27.5. The Morgan fingerprint density at radius 2 is 1.61 bits per heavy atom. The van der Waals surface area contributed by atoms with Crippen LogP contribution in [0.3, 0.4) is 0 Å². The average Bonchev–Trinajstić information content (AvgIpc) is 3.37. The highest BCUT2D eigenvalue weighted by Gasteiger charge is 2.48. The summed E-state index contributed by atoms with van der Waals surface area (Å²) < 4.78 is 124. The summed E-state index contributed by atoms with van der Waals surface area (Å²) in [6.45, 7) is 0.704. The zero-order valence-corrected chi connectivity index (χ0v) is 28.3. The lowest BCUT2D eigenvalue weighted by molar-refractivity contribution is -0.158. The number of nitrogens with one attached hydrogen (secondary N) is 1. The first-order valence-corrected chi connectivity index (χ1v) is 17.4. The molecule has 0 atom stereocenters. The Balaban J connectivity index is 1.26. The molecule has 3 aliphatic rings. The predicted molar refractivity (Wildman–Crippen MR) is 171 cm³/mol. The molecule has 2 fully saturated rings. The second kappa shape index (κ2) is 13.8. The second-order valence-corrected chi connectivity index (χ2v) is 14.8. The maximum Gasteiger partial charge on any atom is 0.422 e. The number of carbonyl (C=O) groups excluding carboxylic acids is 2. The molecule has 2 amide bonds. The van der Waals surface area contributed by atoms with Crippen LogP contribution in [0.25, 0.3) is 6.08 Å². The number of carbonyl (C=O) groups is 2. The first kappa shape index (κ1) is 38.2. The molecule has 1 spiro atoms. The number of aliphatic hydroxyl groups is 1. The van der Waals surface area contributed by atoms with Crippen LogP contribution in [0.2, 0.25) is 0 Å². The molecule has 278 valence electrons. The molecule has 10 nitrogen and oxygen atoms in total. The monoisotopic (exact) mass is 748 g/mol. The third kappa shape index (κ3) is 8.38. The number of sulfonamides is 1. The highest BCUT2D eigenvalue weighted by Crippen LogP contribution is 2.39. The van der Waals surface area contributed by atoms with Crippen LogP contribution in [0, 0.1) is 13.8 Å². The van der Waals surface area contributed by atoms with Gasteiger partial charge in [-0.3, -0.25) is 14.6 Å². The molecule has 51 heavy (non-hydrogen) atoms. The summed E-state index contributed by atoms with van der Waals surface area (Å²) in [4.78, 5) is 32.0. The minimum absolute atomic E-state index is 0.0948. The van der Waals surface area contributed by atoms with Gasteiger partial charge in [-0.25, -0.2) is 12.8 Å². The number of alkyl halides is 7. The summed E-state index contributed by atoms with van der Waals surface area (Å²) in [7, 11) is -4.02. The SMILES string of the molecule is Cc1cc(C(=O)N2CCC(O)(CF)CC2)cc(C)c1C=CS(=O)(=O)N1CCC2(CC1)N=C(c1ccc(OCC(F)(F)F)c(C(F)(F)F)c1)NC2=O. The van der Waals surface area contributed by atoms with E-state index in [1.807, 2.05) is 0 Å². The quantitative estimate of drug-likeness (QED) is 0.370. The second-order valence-electron chi connectivity index (χ2n) is 13.0. The van der Waals surface area contributed by atoms with Gasteiger partial charge in [0.15, 0.2) is 6.61 Å². The van der Waals surface area contributed by atoms with Crippen molar-refractivity contribution in [1.82, 2.24) is 14.5 Å². The van der Waals surface area contributed by atoms with Gasteiger partial charge in [-0.15, -0.1) is 0 Å². The number of benzene rings is 2. The lowest BCUT2D eigenvalue weighted by atomic mass is 9.89. The molecule has 2 aromatic carbocycles. The van der Waals surface area contributed by atoms with Crippen LogP contribution in [0.15, 0.2) is 40.7 Å². The topological polar surface area (TPSA) is 129 Å². The molecule has 2 aromatic rings. The average molecular weight is 749 g/mol. The van der Waals surface area contributed by atoms with Crippen molar-refractivity contribution in [2.45, 2.75) is 63.0 Å². The lowest BCUT2D eigenvalue weighted by Gasteiger charge is -2.36. The Bertz CT molecular complexity index is 1840. The molecule has 0 bridgehead atoms. The van der Waals surface area contributed by atoms with Crippen LogP contribution >= 0.6 is 0 Å². The van der Waals surface area contributed by atoms with Gasteiger partial charge in [-0.2, -0.15) is 30.6 Å². The van der Waals surface area contributed by atoms with Crippen molar-refractivity contribution >= 4 is 33.7 Å². The van der Waals surface area contributed by atoms with Gasteiger partial charge in [0.2, 0.25) is 10.0 Å². The number of piperidine rings is 2. The number of aliphatic imine (C=N–C) groups is 1. The number of likely N-dealkylation sites (tertiary alicyclic amines) is 1. The number of amidine groups is 1. The van der Waals surface area contributed by atoms with E-state index < -0.39 is 64.0 Å². The molecule has 0 unspecified atom stereocenters. The smallest absolute Gasteiger partial charge is 0.422 e. The maximum absolute atomic E-state index is 13.7. The van der Waals surface area contributed by atoms with Crippen LogP contribution in [-0.2, 0) is 21.0 Å². The van der Waals surface area contributed by atoms with Crippen molar-refractivity contribution in [3.05, 3.63) is 69.1 Å². The van der Waals surface area contributed by atoms with E-state index in [1.54, 1.807) is 26.0 Å². The van der Waals surface area contributed by atoms with E-state index in [0.29, 0.717) is 34.4 Å². The molecule has 5 rings (SSSR count). The number of halogens is 7. The van der Waals surface area contributed by atoms with Gasteiger partial charge in [0, 0.05) is 42.7 Å². The van der Waals surface area contributed by atoms with Gasteiger partial charge in [-0.1, -0.05) is 0 Å². The molecule has 2 saturated heterocycles. The van der Waals surface area contributed by atoms with Crippen molar-refractivity contribution in [3.63, 3.8) is 0 Å². The Hall–Kier alpha value is -4.03. The summed E-state index contributed by atoms with van der Waals surface area (Å²) in [5.74, 6) is -2.22. The molecule has 0 aliphatic carbocycles. The van der Waals surface area contributed by atoms with Crippen molar-refractivity contribution in [2.75, 3.05) is 39.5 Å². The van der Waals surface area contributed by atoms with E-state index in [0.717, 1.165) is 15.8 Å². The van der Waals surface area contributed by atoms with Crippen molar-refractivity contribution in [2.24, 2.45) is 4.99 Å². The fourth-order valence-electron chi connectivity index (χ4n) is 6.33. The van der Waals surface area contributed by atoms with Gasteiger partial charge in [0.05, 0.1) is 11.2 Å². The lowest BCUT2D eigenvalue weighted by Crippen LogP contribution is -2.50. The molecule has 0 aromatic heterocycles. The van der Waals surface area contributed by atoms with Gasteiger partial charge >= 0.3 is 12.4 Å². The molecular formula is C33H35F7N4O6S.